The number of halogens is 1. The Labute approximate surface area is 125 Å². The average Bonchev–Trinajstić information content (AvgIpc) is 2.48. The van der Waals surface area contributed by atoms with Gasteiger partial charge in [-0.3, -0.25) is 4.79 Å². The zero-order valence-electron chi connectivity index (χ0n) is 12.5. The molecule has 2 unspecified atom stereocenters. The van der Waals surface area contributed by atoms with Crippen LogP contribution in [0.2, 0.25) is 0 Å². The number of piperidine rings is 1. The number of hydrogen-bond donors (Lipinski definition) is 2. The summed E-state index contributed by atoms with van der Waals surface area (Å²) in [5, 5.41) is 3.02. The first-order chi connectivity index (χ1) is 10.1. The van der Waals surface area contributed by atoms with Gasteiger partial charge in [0.25, 0.3) is 0 Å². The van der Waals surface area contributed by atoms with Crippen LogP contribution in [0.3, 0.4) is 0 Å². The van der Waals surface area contributed by atoms with Crippen molar-refractivity contribution in [2.24, 2.45) is 5.73 Å². The van der Waals surface area contributed by atoms with Gasteiger partial charge in [-0.1, -0.05) is 19.4 Å². The topological polar surface area (TPSA) is 58.4 Å². The van der Waals surface area contributed by atoms with Gasteiger partial charge < -0.3 is 16.0 Å². The van der Waals surface area contributed by atoms with Crippen molar-refractivity contribution in [1.82, 2.24) is 5.32 Å². The monoisotopic (exact) mass is 293 g/mol. The quantitative estimate of drug-likeness (QED) is 0.873. The maximum Gasteiger partial charge on any atom is 0.237 e. The van der Waals surface area contributed by atoms with Crippen LogP contribution in [0, 0.1) is 5.82 Å². The third-order valence-electron chi connectivity index (χ3n) is 3.88. The lowest BCUT2D eigenvalue weighted by molar-refractivity contribution is -0.123. The highest BCUT2D eigenvalue weighted by Gasteiger charge is 2.23. The van der Waals surface area contributed by atoms with Gasteiger partial charge in [-0.25, -0.2) is 4.39 Å². The lowest BCUT2D eigenvalue weighted by Crippen LogP contribution is -2.52. The molecule has 0 bridgehead atoms. The molecule has 1 fully saturated rings. The number of nitrogens with zero attached hydrogens (tertiary/aromatic N) is 1. The van der Waals surface area contributed by atoms with Gasteiger partial charge in [0.05, 0.1) is 6.04 Å². The number of carbonyl (C=O) groups is 1. The molecule has 1 saturated heterocycles. The maximum atomic E-state index is 13.3. The van der Waals surface area contributed by atoms with Crippen LogP contribution in [0.25, 0.3) is 0 Å². The van der Waals surface area contributed by atoms with E-state index in [0.717, 1.165) is 31.5 Å². The summed E-state index contributed by atoms with van der Waals surface area (Å²) in [7, 11) is 0. The predicted molar refractivity (Wildman–Crippen MR) is 82.7 cm³/mol. The summed E-state index contributed by atoms with van der Waals surface area (Å²) in [6.07, 6.45) is 3.52. The first kappa shape index (κ1) is 15.8. The van der Waals surface area contributed by atoms with Gasteiger partial charge in [0, 0.05) is 24.8 Å². The standard InChI is InChI=1S/C16H24FN3O/c1-2-5-15(18)16(21)19-13-7-4-9-20(11-13)14-8-3-6-12(17)10-14/h3,6,8,10,13,15H,2,4-5,7,9,11,18H2,1H3,(H,19,21). The Bertz CT molecular complexity index is 480. The van der Waals surface area contributed by atoms with E-state index in [2.05, 4.69) is 10.2 Å². The second-order valence-corrected chi connectivity index (χ2v) is 5.67. The van der Waals surface area contributed by atoms with Gasteiger partial charge in [-0.05, 0) is 37.5 Å². The summed E-state index contributed by atoms with van der Waals surface area (Å²) in [6.45, 7) is 3.60. The number of amides is 1. The number of hydrogen-bond acceptors (Lipinski definition) is 3. The van der Waals surface area contributed by atoms with Gasteiger partial charge >= 0.3 is 0 Å². The molecule has 0 aromatic heterocycles. The third-order valence-corrected chi connectivity index (χ3v) is 3.88. The van der Waals surface area contributed by atoms with E-state index in [1.54, 1.807) is 6.07 Å². The minimum Gasteiger partial charge on any atom is -0.369 e. The Morgan fingerprint density at radius 3 is 3.10 bits per heavy atom. The van der Waals surface area contributed by atoms with Gasteiger partial charge in [-0.15, -0.1) is 0 Å². The molecule has 0 radical (unpaired) electrons. The summed E-state index contributed by atoms with van der Waals surface area (Å²) in [6, 6.07) is 6.24. The van der Waals surface area contributed by atoms with E-state index in [9.17, 15) is 9.18 Å². The van der Waals surface area contributed by atoms with Gasteiger partial charge in [-0.2, -0.15) is 0 Å². The summed E-state index contributed by atoms with van der Waals surface area (Å²) < 4.78 is 13.3. The fraction of sp³-hybridized carbons (Fsp3) is 0.562. The van der Waals surface area contributed by atoms with Gasteiger partial charge in [0.15, 0.2) is 0 Å². The number of anilines is 1. The van der Waals surface area contributed by atoms with Crippen LogP contribution in [0.5, 0.6) is 0 Å². The fourth-order valence-electron chi connectivity index (χ4n) is 2.75. The van der Waals surface area contributed by atoms with Crippen LogP contribution >= 0.6 is 0 Å². The molecule has 2 atom stereocenters. The highest BCUT2D eigenvalue weighted by atomic mass is 19.1. The van der Waals surface area contributed by atoms with E-state index >= 15 is 0 Å². The minimum absolute atomic E-state index is 0.0806. The summed E-state index contributed by atoms with van der Waals surface area (Å²) in [5.41, 5.74) is 6.70. The number of rotatable bonds is 5. The smallest absolute Gasteiger partial charge is 0.237 e. The lowest BCUT2D eigenvalue weighted by Gasteiger charge is -2.35. The van der Waals surface area contributed by atoms with E-state index in [0.29, 0.717) is 13.0 Å². The minimum atomic E-state index is -0.431. The molecule has 1 amide bonds. The van der Waals surface area contributed by atoms with Gasteiger partial charge in [0.1, 0.15) is 5.82 Å². The molecule has 1 aliphatic rings. The molecule has 3 N–H and O–H groups in total. The molecular weight excluding hydrogens is 269 g/mol. The van der Waals surface area contributed by atoms with Crippen molar-refractivity contribution in [3.63, 3.8) is 0 Å². The Balaban J connectivity index is 1.93. The molecule has 0 aliphatic carbocycles. The van der Waals surface area contributed by atoms with Crippen LogP contribution in [-0.4, -0.2) is 31.1 Å². The maximum absolute atomic E-state index is 13.3. The van der Waals surface area contributed by atoms with Crippen molar-refractivity contribution in [2.45, 2.75) is 44.7 Å². The van der Waals surface area contributed by atoms with Crippen molar-refractivity contribution < 1.29 is 9.18 Å². The molecule has 0 spiro atoms. The number of carbonyl (C=O) groups excluding carboxylic acids is 1. The molecular formula is C16H24FN3O. The van der Waals surface area contributed by atoms with E-state index in [1.807, 2.05) is 13.0 Å². The number of nitrogens with two attached hydrogens (primary N) is 1. The average molecular weight is 293 g/mol. The van der Waals surface area contributed by atoms with Crippen molar-refractivity contribution >= 4 is 11.6 Å². The Kier molecular flexibility index (Phi) is 5.56. The largest absolute Gasteiger partial charge is 0.369 e. The number of benzene rings is 1. The van der Waals surface area contributed by atoms with E-state index in [1.165, 1.54) is 12.1 Å². The Morgan fingerprint density at radius 2 is 2.38 bits per heavy atom. The normalized spacial score (nSPS) is 20.1. The van der Waals surface area contributed by atoms with Crippen LogP contribution < -0.4 is 16.0 Å². The van der Waals surface area contributed by atoms with Crippen molar-refractivity contribution in [2.75, 3.05) is 18.0 Å². The first-order valence-corrected chi connectivity index (χ1v) is 7.66. The second-order valence-electron chi connectivity index (χ2n) is 5.67. The van der Waals surface area contributed by atoms with Crippen LogP contribution in [0.1, 0.15) is 32.6 Å². The molecule has 1 heterocycles. The third kappa shape index (κ3) is 4.43. The highest BCUT2D eigenvalue weighted by Crippen LogP contribution is 2.20. The van der Waals surface area contributed by atoms with E-state index < -0.39 is 6.04 Å². The molecule has 5 heteroatoms. The first-order valence-electron chi connectivity index (χ1n) is 7.66. The highest BCUT2D eigenvalue weighted by molar-refractivity contribution is 5.81. The fourth-order valence-corrected chi connectivity index (χ4v) is 2.75. The van der Waals surface area contributed by atoms with Crippen LogP contribution in [-0.2, 0) is 4.79 Å². The van der Waals surface area contributed by atoms with Crippen molar-refractivity contribution in [3.05, 3.63) is 30.1 Å². The zero-order chi connectivity index (χ0) is 15.2. The van der Waals surface area contributed by atoms with Crippen molar-refractivity contribution in [1.29, 1.82) is 0 Å². The molecule has 116 valence electrons. The van der Waals surface area contributed by atoms with Crippen LogP contribution in [0.15, 0.2) is 24.3 Å². The van der Waals surface area contributed by atoms with Crippen molar-refractivity contribution in [3.8, 4) is 0 Å². The molecule has 1 aromatic carbocycles. The summed E-state index contributed by atoms with van der Waals surface area (Å²) >= 11 is 0. The molecule has 4 nitrogen and oxygen atoms in total. The second kappa shape index (κ2) is 7.41. The molecule has 1 aliphatic heterocycles. The predicted octanol–water partition coefficient (Wildman–Crippen LogP) is 2.04. The molecule has 0 saturated carbocycles. The van der Waals surface area contributed by atoms with E-state index in [-0.39, 0.29) is 17.8 Å². The molecule has 21 heavy (non-hydrogen) atoms. The SMILES string of the molecule is CCCC(N)C(=O)NC1CCCN(c2cccc(F)c2)C1. The molecule has 1 aromatic rings. The van der Waals surface area contributed by atoms with Crippen LogP contribution in [0.4, 0.5) is 10.1 Å². The summed E-state index contributed by atoms with van der Waals surface area (Å²) in [4.78, 5) is 14.1. The lowest BCUT2D eigenvalue weighted by atomic mass is 10.0. The Morgan fingerprint density at radius 1 is 1.57 bits per heavy atom. The Hall–Kier alpha value is -1.62. The zero-order valence-corrected chi connectivity index (χ0v) is 12.5. The number of nitrogens with one attached hydrogen (secondary N) is 1. The molecule has 2 rings (SSSR count). The summed E-state index contributed by atoms with van der Waals surface area (Å²) in [5.74, 6) is -0.313. The van der Waals surface area contributed by atoms with E-state index in [4.69, 9.17) is 5.73 Å². The van der Waals surface area contributed by atoms with Gasteiger partial charge in [0.2, 0.25) is 5.91 Å².